The number of likely N-dealkylation sites (N-methyl/N-ethyl adjacent to an activating group) is 1. The molecule has 2 aromatic carbocycles. The van der Waals surface area contributed by atoms with E-state index in [0.717, 1.165) is 50.5 Å². The molecule has 9 heteroatoms. The van der Waals surface area contributed by atoms with Crippen LogP contribution in [-0.4, -0.2) is 82.5 Å². The van der Waals surface area contributed by atoms with E-state index in [1.807, 2.05) is 18.2 Å². The van der Waals surface area contributed by atoms with Gasteiger partial charge in [0.1, 0.15) is 11.5 Å². The van der Waals surface area contributed by atoms with Crippen molar-refractivity contribution in [3.05, 3.63) is 53.3 Å². The Bertz CT molecular complexity index is 1200. The Kier molecular flexibility index (Phi) is 7.91. The predicted octanol–water partition coefficient (Wildman–Crippen LogP) is 3.27. The van der Waals surface area contributed by atoms with Crippen LogP contribution in [0.25, 0.3) is 17.1 Å². The number of nitrogens with zero attached hydrogens (tertiary/aromatic N) is 5. The van der Waals surface area contributed by atoms with E-state index in [1.54, 1.807) is 24.8 Å². The van der Waals surface area contributed by atoms with Gasteiger partial charge in [0, 0.05) is 51.5 Å². The zero-order chi connectivity index (χ0) is 25.8. The number of phenolic OH excluding ortho intramolecular Hbond substituents is 1. The lowest BCUT2D eigenvalue weighted by atomic mass is 9.98. The lowest BCUT2D eigenvalue weighted by Gasteiger charge is -2.34. The molecule has 4 rings (SSSR count). The number of piperazine rings is 1. The molecule has 1 aromatic heterocycles. The number of aromatic hydroxyl groups is 1. The van der Waals surface area contributed by atoms with Crippen molar-refractivity contribution < 1.29 is 14.6 Å². The van der Waals surface area contributed by atoms with Crippen molar-refractivity contribution >= 4 is 5.91 Å². The molecule has 0 unspecified atom stereocenters. The summed E-state index contributed by atoms with van der Waals surface area (Å²) in [5, 5.41) is 22.0. The van der Waals surface area contributed by atoms with Gasteiger partial charge in [-0.05, 0) is 41.8 Å². The van der Waals surface area contributed by atoms with E-state index in [9.17, 15) is 9.90 Å². The number of aromatic nitrogens is 3. The van der Waals surface area contributed by atoms with Crippen molar-refractivity contribution in [3.8, 4) is 28.6 Å². The maximum Gasteiger partial charge on any atom is 0.289 e. The Morgan fingerprint density at radius 1 is 1.08 bits per heavy atom. The molecule has 3 aromatic rings. The van der Waals surface area contributed by atoms with Crippen LogP contribution in [0.2, 0.25) is 0 Å². The fourth-order valence-electron chi connectivity index (χ4n) is 4.63. The second-order valence-electron chi connectivity index (χ2n) is 9.40. The van der Waals surface area contributed by atoms with Gasteiger partial charge in [-0.15, -0.1) is 10.2 Å². The third kappa shape index (κ3) is 5.22. The summed E-state index contributed by atoms with van der Waals surface area (Å²) in [6.07, 6.45) is 0. The zero-order valence-corrected chi connectivity index (χ0v) is 21.8. The summed E-state index contributed by atoms with van der Waals surface area (Å²) in [7, 11) is 3.14. The third-order valence-electron chi connectivity index (χ3n) is 6.82. The Labute approximate surface area is 212 Å². The first-order valence-corrected chi connectivity index (χ1v) is 12.5. The Morgan fingerprint density at radius 3 is 2.33 bits per heavy atom. The van der Waals surface area contributed by atoms with Gasteiger partial charge in [-0.2, -0.15) is 0 Å². The maximum absolute atomic E-state index is 12.7. The van der Waals surface area contributed by atoms with Crippen LogP contribution >= 0.6 is 0 Å². The van der Waals surface area contributed by atoms with Crippen molar-refractivity contribution in [1.82, 2.24) is 29.9 Å². The fourth-order valence-corrected chi connectivity index (χ4v) is 4.63. The molecule has 1 amide bonds. The zero-order valence-electron chi connectivity index (χ0n) is 21.8. The highest BCUT2D eigenvalue weighted by molar-refractivity contribution is 5.92. The molecule has 0 aliphatic carbocycles. The summed E-state index contributed by atoms with van der Waals surface area (Å²) in [5.74, 6) is 0.955. The number of benzene rings is 2. The van der Waals surface area contributed by atoms with Gasteiger partial charge in [0.15, 0.2) is 5.82 Å². The second kappa shape index (κ2) is 11.1. The second-order valence-corrected chi connectivity index (χ2v) is 9.40. The highest BCUT2D eigenvalue weighted by Crippen LogP contribution is 2.38. The van der Waals surface area contributed by atoms with Crippen molar-refractivity contribution in [1.29, 1.82) is 0 Å². The van der Waals surface area contributed by atoms with Gasteiger partial charge in [-0.3, -0.25) is 14.3 Å². The van der Waals surface area contributed by atoms with Crippen LogP contribution in [0.4, 0.5) is 0 Å². The molecule has 192 valence electrons. The summed E-state index contributed by atoms with van der Waals surface area (Å²) in [6, 6.07) is 11.5. The highest BCUT2D eigenvalue weighted by atomic mass is 16.5. The number of phenols is 1. The average Bonchev–Trinajstić information content (AvgIpc) is 3.33. The SMILES string of the molecule is CCN1CCN(Cc2ccc(-n3c(C(=O)NC)nnc3-c3cc(C(C)C)c(OC)cc3O)cc2)CC1. The number of hydrogen-bond acceptors (Lipinski definition) is 7. The maximum atomic E-state index is 12.7. The number of nitrogens with one attached hydrogen (secondary N) is 1. The molecule has 1 saturated heterocycles. The van der Waals surface area contributed by atoms with Crippen LogP contribution < -0.4 is 10.1 Å². The molecule has 1 aliphatic rings. The number of methoxy groups -OCH3 is 1. The minimum absolute atomic E-state index is 0.0104. The summed E-state index contributed by atoms with van der Waals surface area (Å²) in [4.78, 5) is 17.6. The molecule has 2 heterocycles. The van der Waals surface area contributed by atoms with Crippen LogP contribution in [-0.2, 0) is 6.54 Å². The van der Waals surface area contributed by atoms with Crippen LogP contribution in [0.15, 0.2) is 36.4 Å². The largest absolute Gasteiger partial charge is 0.507 e. The summed E-state index contributed by atoms with van der Waals surface area (Å²) < 4.78 is 7.16. The summed E-state index contributed by atoms with van der Waals surface area (Å²) >= 11 is 0. The smallest absolute Gasteiger partial charge is 0.289 e. The van der Waals surface area contributed by atoms with Gasteiger partial charge in [0.2, 0.25) is 5.82 Å². The minimum atomic E-state index is -0.358. The lowest BCUT2D eigenvalue weighted by Crippen LogP contribution is -2.45. The number of carbonyl (C=O) groups is 1. The topological polar surface area (TPSA) is 95.8 Å². The first-order valence-electron chi connectivity index (χ1n) is 12.5. The first kappa shape index (κ1) is 25.7. The van der Waals surface area contributed by atoms with Gasteiger partial charge in [-0.25, -0.2) is 0 Å². The van der Waals surface area contributed by atoms with E-state index in [0.29, 0.717) is 17.1 Å². The molecule has 2 N–H and O–H groups in total. The number of rotatable bonds is 8. The normalized spacial score (nSPS) is 14.8. The predicted molar refractivity (Wildman–Crippen MR) is 140 cm³/mol. The van der Waals surface area contributed by atoms with Crippen LogP contribution in [0.5, 0.6) is 11.5 Å². The molecule has 36 heavy (non-hydrogen) atoms. The molecule has 1 aliphatic heterocycles. The van der Waals surface area contributed by atoms with Crippen LogP contribution in [0, 0.1) is 0 Å². The summed E-state index contributed by atoms with van der Waals surface area (Å²) in [5.41, 5.74) is 3.36. The van der Waals surface area contributed by atoms with E-state index >= 15 is 0 Å². The Hall–Kier alpha value is -3.43. The monoisotopic (exact) mass is 492 g/mol. The lowest BCUT2D eigenvalue weighted by molar-refractivity contribution is 0.0951. The number of hydrogen-bond donors (Lipinski definition) is 2. The third-order valence-corrected chi connectivity index (χ3v) is 6.82. The molecular weight excluding hydrogens is 456 g/mol. The van der Waals surface area contributed by atoms with E-state index in [1.165, 1.54) is 5.56 Å². The molecular formula is C27H36N6O3. The highest BCUT2D eigenvalue weighted by Gasteiger charge is 2.24. The number of ether oxygens (including phenoxy) is 1. The van der Waals surface area contributed by atoms with Crippen molar-refractivity contribution in [3.63, 3.8) is 0 Å². The standard InChI is InChI=1S/C27H36N6O3/c1-6-31-11-13-32(14-12-31)17-19-7-9-20(10-8-19)33-25(29-30-26(33)27(35)28-4)22-15-21(18(2)3)24(36-5)16-23(22)34/h7-10,15-16,18,34H,6,11-14,17H2,1-5H3,(H,28,35). The van der Waals surface area contributed by atoms with Crippen molar-refractivity contribution in [2.75, 3.05) is 46.9 Å². The number of carbonyl (C=O) groups excluding carboxylic acids is 1. The van der Waals surface area contributed by atoms with Gasteiger partial charge in [0.05, 0.1) is 12.7 Å². The van der Waals surface area contributed by atoms with Crippen molar-refractivity contribution in [2.45, 2.75) is 33.2 Å². The molecule has 9 nitrogen and oxygen atoms in total. The van der Waals surface area contributed by atoms with Gasteiger partial charge < -0.3 is 20.1 Å². The van der Waals surface area contributed by atoms with Gasteiger partial charge in [0.25, 0.3) is 5.91 Å². The molecule has 0 bridgehead atoms. The molecule has 0 atom stereocenters. The van der Waals surface area contributed by atoms with E-state index < -0.39 is 0 Å². The first-order chi connectivity index (χ1) is 17.4. The van der Waals surface area contributed by atoms with Gasteiger partial charge >= 0.3 is 0 Å². The quantitative estimate of drug-likeness (QED) is 0.498. The van der Waals surface area contributed by atoms with E-state index in [2.05, 4.69) is 58.2 Å². The van der Waals surface area contributed by atoms with Crippen LogP contribution in [0.3, 0.4) is 0 Å². The molecule has 0 spiro atoms. The Morgan fingerprint density at radius 2 is 1.75 bits per heavy atom. The molecule has 0 radical (unpaired) electrons. The molecule has 0 saturated carbocycles. The van der Waals surface area contributed by atoms with E-state index in [4.69, 9.17) is 4.74 Å². The molecule has 1 fully saturated rings. The Balaban J connectivity index is 1.70. The number of amides is 1. The summed E-state index contributed by atoms with van der Waals surface area (Å²) in [6.45, 7) is 12.6. The van der Waals surface area contributed by atoms with E-state index in [-0.39, 0.29) is 23.4 Å². The van der Waals surface area contributed by atoms with Crippen molar-refractivity contribution in [2.24, 2.45) is 0 Å². The van der Waals surface area contributed by atoms with Crippen LogP contribution in [0.1, 0.15) is 48.4 Å². The minimum Gasteiger partial charge on any atom is -0.507 e. The van der Waals surface area contributed by atoms with Gasteiger partial charge in [-0.1, -0.05) is 32.9 Å². The average molecular weight is 493 g/mol. The fraction of sp³-hybridized carbons (Fsp3) is 0.444.